The highest BCUT2D eigenvalue weighted by molar-refractivity contribution is 6.23. The maximum absolute atomic E-state index is 6.29. The van der Waals surface area contributed by atoms with Crippen molar-refractivity contribution in [2.45, 2.75) is 0 Å². The van der Waals surface area contributed by atoms with Gasteiger partial charge in [-0.2, -0.15) is 0 Å². The third-order valence-electron chi connectivity index (χ3n) is 8.28. The van der Waals surface area contributed by atoms with E-state index in [0.29, 0.717) is 5.78 Å². The largest absolute Gasteiger partial charge is 0.425 e. The van der Waals surface area contributed by atoms with Crippen LogP contribution >= 0.6 is 0 Å². The molecule has 40 heavy (non-hydrogen) atoms. The van der Waals surface area contributed by atoms with Gasteiger partial charge in [-0.3, -0.25) is 0 Å². The third kappa shape index (κ3) is 2.99. The molecular formula is C38H22O2. The molecule has 2 heteroatoms. The highest BCUT2D eigenvalue weighted by atomic mass is 16.5. The van der Waals surface area contributed by atoms with Crippen LogP contribution in [-0.4, -0.2) is 0 Å². The van der Waals surface area contributed by atoms with Gasteiger partial charge >= 0.3 is 0 Å². The molecule has 0 radical (unpaired) electrons. The lowest BCUT2D eigenvalue weighted by molar-refractivity contribution is 0.524. The Kier molecular flexibility index (Phi) is 4.36. The second kappa shape index (κ2) is 8.08. The second-order valence-electron chi connectivity index (χ2n) is 10.5. The molecule has 0 unspecified atom stereocenters. The van der Waals surface area contributed by atoms with E-state index >= 15 is 0 Å². The minimum Gasteiger partial charge on any atom is -0.425 e. The van der Waals surface area contributed by atoms with Crippen LogP contribution in [0.4, 0.5) is 0 Å². The Morgan fingerprint density at radius 3 is 1.55 bits per heavy atom. The first kappa shape index (κ1) is 21.6. The summed E-state index contributed by atoms with van der Waals surface area (Å²) >= 11 is 0. The Morgan fingerprint density at radius 1 is 0.350 bits per heavy atom. The van der Waals surface area contributed by atoms with E-state index in [0.717, 1.165) is 32.9 Å². The summed E-state index contributed by atoms with van der Waals surface area (Å²) in [5, 5.41) is 10.6. The van der Waals surface area contributed by atoms with Gasteiger partial charge in [-0.1, -0.05) is 109 Å². The van der Waals surface area contributed by atoms with Crippen LogP contribution in [0, 0.1) is 0 Å². The Labute approximate surface area is 229 Å². The van der Waals surface area contributed by atoms with Crippen LogP contribution in [0.1, 0.15) is 0 Å². The zero-order chi connectivity index (χ0) is 26.2. The average Bonchev–Trinajstić information content (AvgIpc) is 3.55. The minimum absolute atomic E-state index is 0.578. The predicted molar refractivity (Wildman–Crippen MR) is 167 cm³/mol. The Bertz CT molecular complexity index is 2380. The van der Waals surface area contributed by atoms with E-state index < -0.39 is 0 Å². The fraction of sp³-hybridized carbons (Fsp3) is 0. The lowest BCUT2D eigenvalue weighted by Crippen LogP contribution is -1.91. The molecule has 0 amide bonds. The van der Waals surface area contributed by atoms with Gasteiger partial charge in [0.1, 0.15) is 11.2 Å². The third-order valence-corrected chi connectivity index (χ3v) is 8.28. The van der Waals surface area contributed by atoms with Crippen LogP contribution in [0.3, 0.4) is 0 Å². The number of rotatable bonds is 2. The Hall–Kier alpha value is -5.34. The fourth-order valence-electron chi connectivity index (χ4n) is 6.51. The zero-order valence-corrected chi connectivity index (χ0v) is 21.5. The Balaban J connectivity index is 1.35. The van der Waals surface area contributed by atoms with Crippen LogP contribution in [0.5, 0.6) is 0 Å². The number of furan rings is 2. The number of para-hydroxylation sites is 1. The van der Waals surface area contributed by atoms with Crippen molar-refractivity contribution in [1.82, 2.24) is 0 Å². The molecule has 9 aromatic rings. The number of hydrogen-bond donors (Lipinski definition) is 0. The van der Waals surface area contributed by atoms with Crippen LogP contribution in [0.2, 0.25) is 0 Å². The first-order valence-corrected chi connectivity index (χ1v) is 13.6. The predicted octanol–water partition coefficient (Wildman–Crippen LogP) is 11.1. The second-order valence-corrected chi connectivity index (χ2v) is 10.5. The van der Waals surface area contributed by atoms with E-state index in [-0.39, 0.29) is 0 Å². The molecule has 0 aliphatic heterocycles. The van der Waals surface area contributed by atoms with Gasteiger partial charge in [0.05, 0.1) is 5.39 Å². The molecule has 7 aromatic carbocycles. The van der Waals surface area contributed by atoms with Crippen LogP contribution < -0.4 is 0 Å². The molecule has 0 fully saturated rings. The summed E-state index contributed by atoms with van der Waals surface area (Å²) in [4.78, 5) is 0. The van der Waals surface area contributed by atoms with Crippen molar-refractivity contribution in [3.8, 4) is 22.3 Å². The van der Waals surface area contributed by atoms with Crippen molar-refractivity contribution in [3.63, 3.8) is 0 Å². The standard InChI is InChI=1S/C38H22O2/c1-2-10-24-21-25(18-17-23(24)9-1)35-27-11-3-5-13-29(27)36(30-14-6-4-12-28(30)35)26-19-20-32-34(22-26)40-38-37(32)31-15-7-8-16-33(31)39-38/h1-22H. The summed E-state index contributed by atoms with van der Waals surface area (Å²) in [6.07, 6.45) is 0. The van der Waals surface area contributed by atoms with Crippen molar-refractivity contribution < 1.29 is 8.83 Å². The molecule has 0 N–H and O–H groups in total. The van der Waals surface area contributed by atoms with Gasteiger partial charge in [0, 0.05) is 10.8 Å². The van der Waals surface area contributed by atoms with Gasteiger partial charge in [0.2, 0.25) is 0 Å². The molecular weight excluding hydrogens is 488 g/mol. The number of fused-ring (bicyclic) bond motifs is 8. The lowest BCUT2D eigenvalue weighted by atomic mass is 9.85. The van der Waals surface area contributed by atoms with E-state index in [1.54, 1.807) is 0 Å². The van der Waals surface area contributed by atoms with E-state index in [9.17, 15) is 0 Å². The monoisotopic (exact) mass is 510 g/mol. The molecule has 9 rings (SSSR count). The number of hydrogen-bond acceptors (Lipinski definition) is 2. The molecule has 2 nitrogen and oxygen atoms in total. The van der Waals surface area contributed by atoms with Gasteiger partial charge in [0.25, 0.3) is 5.78 Å². The van der Waals surface area contributed by atoms with Gasteiger partial charge < -0.3 is 8.83 Å². The molecule has 0 aliphatic rings. The van der Waals surface area contributed by atoms with Crippen LogP contribution in [0.15, 0.2) is 142 Å². The number of benzene rings is 7. The Morgan fingerprint density at radius 2 is 0.850 bits per heavy atom. The molecule has 0 bridgehead atoms. The van der Waals surface area contributed by atoms with E-state index in [1.165, 1.54) is 49.0 Å². The summed E-state index contributed by atoms with van der Waals surface area (Å²) in [5.41, 5.74) is 6.53. The highest BCUT2D eigenvalue weighted by Gasteiger charge is 2.19. The molecule has 0 atom stereocenters. The van der Waals surface area contributed by atoms with Gasteiger partial charge in [-0.15, -0.1) is 0 Å². The lowest BCUT2D eigenvalue weighted by Gasteiger charge is -2.18. The molecule has 0 saturated heterocycles. The molecule has 2 heterocycles. The van der Waals surface area contributed by atoms with Gasteiger partial charge in [0.15, 0.2) is 0 Å². The normalized spacial score (nSPS) is 12.0. The summed E-state index contributed by atoms with van der Waals surface area (Å²) in [7, 11) is 0. The smallest absolute Gasteiger partial charge is 0.299 e. The first-order valence-electron chi connectivity index (χ1n) is 13.6. The molecule has 186 valence electrons. The van der Waals surface area contributed by atoms with Crippen LogP contribution in [-0.2, 0) is 0 Å². The maximum atomic E-state index is 6.29. The minimum atomic E-state index is 0.578. The summed E-state index contributed by atoms with van der Waals surface area (Å²) in [6.45, 7) is 0. The molecule has 2 aromatic heterocycles. The van der Waals surface area contributed by atoms with Crippen molar-refractivity contribution in [3.05, 3.63) is 133 Å². The molecule has 0 aliphatic carbocycles. The van der Waals surface area contributed by atoms with Crippen molar-refractivity contribution in [1.29, 1.82) is 0 Å². The fourth-order valence-corrected chi connectivity index (χ4v) is 6.51. The van der Waals surface area contributed by atoms with Crippen molar-refractivity contribution in [2.24, 2.45) is 0 Å². The highest BCUT2D eigenvalue weighted by Crippen LogP contribution is 2.45. The van der Waals surface area contributed by atoms with Gasteiger partial charge in [-0.05, 0) is 78.8 Å². The van der Waals surface area contributed by atoms with Crippen molar-refractivity contribution in [2.75, 3.05) is 0 Å². The summed E-state index contributed by atoms with van der Waals surface area (Å²) in [5.74, 6) is 0.578. The summed E-state index contributed by atoms with van der Waals surface area (Å²) in [6, 6.07) is 47.6. The van der Waals surface area contributed by atoms with Crippen LogP contribution in [0.25, 0.3) is 87.7 Å². The summed E-state index contributed by atoms with van der Waals surface area (Å²) < 4.78 is 12.3. The maximum Gasteiger partial charge on any atom is 0.299 e. The topological polar surface area (TPSA) is 26.3 Å². The van der Waals surface area contributed by atoms with E-state index in [1.807, 2.05) is 18.2 Å². The van der Waals surface area contributed by atoms with E-state index in [4.69, 9.17) is 8.83 Å². The zero-order valence-electron chi connectivity index (χ0n) is 21.5. The molecule has 0 spiro atoms. The SMILES string of the molecule is c1ccc2cc(-c3c4ccccc4c(-c4ccc5c(c4)oc4oc6ccccc6c45)c4ccccc34)ccc2c1. The molecule has 0 saturated carbocycles. The van der Waals surface area contributed by atoms with Gasteiger partial charge in [-0.25, -0.2) is 0 Å². The first-order chi connectivity index (χ1) is 19.8. The van der Waals surface area contributed by atoms with E-state index in [2.05, 4.69) is 115 Å². The average molecular weight is 511 g/mol. The van der Waals surface area contributed by atoms with Crippen molar-refractivity contribution >= 4 is 65.4 Å². The quantitative estimate of drug-likeness (QED) is 0.216.